The second-order valence-electron chi connectivity index (χ2n) is 10.0. The summed E-state index contributed by atoms with van der Waals surface area (Å²) in [5, 5.41) is 0. The number of benzene rings is 1. The fourth-order valence-corrected chi connectivity index (χ4v) is 5.22. The third kappa shape index (κ3) is 6.42. The molecule has 1 aromatic carbocycles. The maximum Gasteiger partial charge on any atom is 0.417 e. The number of anilines is 1. The Morgan fingerprint density at radius 1 is 1.03 bits per heavy atom. The minimum Gasteiger partial charge on any atom is -0.439 e. The highest BCUT2D eigenvalue weighted by Crippen LogP contribution is 2.39. The first-order valence-corrected chi connectivity index (χ1v) is 12.9. The predicted octanol–water partition coefficient (Wildman–Crippen LogP) is 6.91. The Labute approximate surface area is 222 Å². The van der Waals surface area contributed by atoms with Gasteiger partial charge in [0, 0.05) is 37.6 Å². The van der Waals surface area contributed by atoms with E-state index in [1.807, 2.05) is 11.8 Å². The van der Waals surface area contributed by atoms with Crippen molar-refractivity contribution in [3.8, 4) is 0 Å². The number of carbonyl (C=O) groups is 1. The van der Waals surface area contributed by atoms with Gasteiger partial charge < -0.3 is 14.4 Å². The fraction of sp³-hybridized carbons (Fsp3) is 0.556. The highest BCUT2D eigenvalue weighted by atomic mass is 19.4. The number of pyridine rings is 1. The molecule has 4 rings (SSSR count). The number of carbonyl (C=O) groups excluding carboxylic acids is 1. The van der Waals surface area contributed by atoms with E-state index in [2.05, 4.69) is 4.98 Å². The van der Waals surface area contributed by atoms with Crippen LogP contribution in [0.15, 0.2) is 30.5 Å². The number of amides is 1. The van der Waals surface area contributed by atoms with Crippen LogP contribution in [0.5, 0.6) is 0 Å². The van der Waals surface area contributed by atoms with E-state index in [-0.39, 0.29) is 23.7 Å². The zero-order valence-corrected chi connectivity index (χ0v) is 21.9. The summed E-state index contributed by atoms with van der Waals surface area (Å²) in [5.74, 6) is 0.343. The predicted molar refractivity (Wildman–Crippen MR) is 131 cm³/mol. The monoisotopic (exact) mass is 559 g/mol. The SMILES string of the molecule is CCCN(c1ncc(C(F)(F)F)cc1CN1C(=O)O[C@H](c2cc(C)cc(C(F)(F)F)c2)[C@@H]1C)C1CCOCC1. The molecule has 0 spiro atoms. The summed E-state index contributed by atoms with van der Waals surface area (Å²) in [6.07, 6.45) is -8.20. The van der Waals surface area contributed by atoms with Crippen LogP contribution in [0.4, 0.5) is 37.0 Å². The van der Waals surface area contributed by atoms with Gasteiger partial charge in [0.25, 0.3) is 0 Å². The minimum absolute atomic E-state index is 0.00507. The molecule has 0 N–H and O–H groups in total. The molecule has 1 amide bonds. The van der Waals surface area contributed by atoms with Crippen molar-refractivity contribution in [3.63, 3.8) is 0 Å². The van der Waals surface area contributed by atoms with Crippen LogP contribution in [0, 0.1) is 6.92 Å². The molecule has 2 saturated heterocycles. The molecule has 39 heavy (non-hydrogen) atoms. The Kier molecular flexibility index (Phi) is 8.34. The van der Waals surface area contributed by atoms with E-state index in [0.29, 0.717) is 44.0 Å². The molecule has 1 aromatic heterocycles. The zero-order chi connectivity index (χ0) is 28.5. The van der Waals surface area contributed by atoms with Crippen LogP contribution in [-0.4, -0.2) is 47.8 Å². The average Bonchev–Trinajstić information content (AvgIpc) is 3.15. The molecule has 2 fully saturated rings. The van der Waals surface area contributed by atoms with E-state index in [4.69, 9.17) is 9.47 Å². The topological polar surface area (TPSA) is 54.9 Å². The Morgan fingerprint density at radius 3 is 2.31 bits per heavy atom. The van der Waals surface area contributed by atoms with Crippen LogP contribution in [0.25, 0.3) is 0 Å². The van der Waals surface area contributed by atoms with Crippen LogP contribution >= 0.6 is 0 Å². The molecule has 214 valence electrons. The van der Waals surface area contributed by atoms with Crippen molar-refractivity contribution in [2.75, 3.05) is 24.7 Å². The summed E-state index contributed by atoms with van der Waals surface area (Å²) in [4.78, 5) is 20.4. The molecule has 2 aliphatic heterocycles. The average molecular weight is 560 g/mol. The number of rotatable bonds is 7. The number of hydrogen-bond acceptors (Lipinski definition) is 5. The molecule has 2 aromatic rings. The molecule has 0 bridgehead atoms. The van der Waals surface area contributed by atoms with Crippen molar-refractivity contribution >= 4 is 11.9 Å². The Morgan fingerprint density at radius 2 is 1.69 bits per heavy atom. The van der Waals surface area contributed by atoms with E-state index in [1.54, 1.807) is 6.92 Å². The van der Waals surface area contributed by atoms with Crippen LogP contribution in [-0.2, 0) is 28.4 Å². The van der Waals surface area contributed by atoms with Gasteiger partial charge in [-0.1, -0.05) is 18.6 Å². The lowest BCUT2D eigenvalue weighted by Crippen LogP contribution is -2.42. The first-order chi connectivity index (χ1) is 18.3. The van der Waals surface area contributed by atoms with E-state index in [1.165, 1.54) is 17.9 Å². The van der Waals surface area contributed by atoms with Gasteiger partial charge in [0.15, 0.2) is 0 Å². The van der Waals surface area contributed by atoms with Crippen molar-refractivity contribution in [2.24, 2.45) is 0 Å². The van der Waals surface area contributed by atoms with Crippen molar-refractivity contribution in [2.45, 2.75) is 77.1 Å². The van der Waals surface area contributed by atoms with E-state index in [0.717, 1.165) is 30.8 Å². The lowest BCUT2D eigenvalue weighted by molar-refractivity contribution is -0.138. The summed E-state index contributed by atoms with van der Waals surface area (Å²) in [6, 6.07) is 3.71. The first kappa shape index (κ1) is 29.0. The molecular formula is C27H31F6N3O3. The number of hydrogen-bond donors (Lipinski definition) is 0. The van der Waals surface area contributed by atoms with Crippen molar-refractivity contribution < 1.29 is 40.6 Å². The van der Waals surface area contributed by atoms with Gasteiger partial charge in [-0.15, -0.1) is 0 Å². The number of alkyl halides is 6. The van der Waals surface area contributed by atoms with Crippen molar-refractivity contribution in [1.29, 1.82) is 0 Å². The summed E-state index contributed by atoms with van der Waals surface area (Å²) in [5.41, 5.74) is -1.11. The smallest absolute Gasteiger partial charge is 0.417 e. The van der Waals surface area contributed by atoms with Gasteiger partial charge in [-0.3, -0.25) is 4.90 Å². The molecule has 0 saturated carbocycles. The number of aryl methyl sites for hydroxylation is 1. The van der Waals surface area contributed by atoms with Crippen LogP contribution in [0.1, 0.15) is 67.0 Å². The number of cyclic esters (lactones) is 1. The molecule has 2 aliphatic rings. The Hall–Kier alpha value is -3.02. The standard InChI is InChI=1S/C27H31F6N3O3/c1-4-7-35(22-5-8-38-9-6-22)24-19(13-21(14-34-24)27(31,32)33)15-36-17(3)23(39-25(36)37)18-10-16(2)11-20(12-18)26(28,29)30/h10-14,17,22-23H,4-9,15H2,1-3H3/t17-,23-/m0/s1. The summed E-state index contributed by atoms with van der Waals surface area (Å²) < 4.78 is 92.1. The molecule has 0 radical (unpaired) electrons. The molecule has 0 aliphatic carbocycles. The number of aromatic nitrogens is 1. The van der Waals surface area contributed by atoms with Gasteiger partial charge in [0.05, 0.1) is 23.7 Å². The van der Waals surface area contributed by atoms with Gasteiger partial charge >= 0.3 is 18.4 Å². The Bertz CT molecular complexity index is 1180. The zero-order valence-electron chi connectivity index (χ0n) is 21.9. The molecule has 2 atom stereocenters. The van der Waals surface area contributed by atoms with Crippen molar-refractivity contribution in [1.82, 2.24) is 9.88 Å². The van der Waals surface area contributed by atoms with E-state index in [9.17, 15) is 31.1 Å². The molecule has 3 heterocycles. The maximum atomic E-state index is 13.7. The van der Waals surface area contributed by atoms with Crippen LogP contribution in [0.3, 0.4) is 0 Å². The normalized spacial score (nSPS) is 20.8. The van der Waals surface area contributed by atoms with Crippen LogP contribution in [0.2, 0.25) is 0 Å². The fourth-order valence-electron chi connectivity index (χ4n) is 5.22. The number of ether oxygens (including phenoxy) is 2. The highest BCUT2D eigenvalue weighted by molar-refractivity contribution is 5.71. The molecule has 0 unspecified atom stereocenters. The maximum absolute atomic E-state index is 13.7. The van der Waals surface area contributed by atoms with E-state index < -0.39 is 41.7 Å². The second-order valence-corrected chi connectivity index (χ2v) is 10.0. The third-order valence-corrected chi connectivity index (χ3v) is 7.13. The molecule has 12 heteroatoms. The van der Waals surface area contributed by atoms with Crippen LogP contribution < -0.4 is 4.90 Å². The Balaban J connectivity index is 1.69. The highest BCUT2D eigenvalue weighted by Gasteiger charge is 2.42. The van der Waals surface area contributed by atoms with Gasteiger partial charge in [-0.05, 0) is 56.9 Å². The quantitative estimate of drug-likeness (QED) is 0.346. The summed E-state index contributed by atoms with van der Waals surface area (Å²) in [6.45, 7) is 6.41. The molecular weight excluding hydrogens is 528 g/mol. The lowest BCUT2D eigenvalue weighted by atomic mass is 9.98. The number of nitrogens with zero attached hydrogens (tertiary/aromatic N) is 3. The van der Waals surface area contributed by atoms with E-state index >= 15 is 0 Å². The lowest BCUT2D eigenvalue weighted by Gasteiger charge is -2.37. The second kappa shape index (κ2) is 11.2. The summed E-state index contributed by atoms with van der Waals surface area (Å²) in [7, 11) is 0. The van der Waals surface area contributed by atoms with Crippen molar-refractivity contribution in [3.05, 3.63) is 58.3 Å². The largest absolute Gasteiger partial charge is 0.439 e. The first-order valence-electron chi connectivity index (χ1n) is 12.9. The summed E-state index contributed by atoms with van der Waals surface area (Å²) >= 11 is 0. The number of halogens is 6. The van der Waals surface area contributed by atoms with Gasteiger partial charge in [0.1, 0.15) is 11.9 Å². The molecule has 6 nitrogen and oxygen atoms in total. The third-order valence-electron chi connectivity index (χ3n) is 7.13. The van der Waals surface area contributed by atoms with Gasteiger partial charge in [-0.2, -0.15) is 26.3 Å². The van der Waals surface area contributed by atoms with Gasteiger partial charge in [0.2, 0.25) is 0 Å². The van der Waals surface area contributed by atoms with Gasteiger partial charge in [-0.25, -0.2) is 9.78 Å². The minimum atomic E-state index is -4.65.